The summed E-state index contributed by atoms with van der Waals surface area (Å²) in [6.07, 6.45) is 5.73. The first-order valence-corrected chi connectivity index (χ1v) is 8.31. The van der Waals surface area contributed by atoms with Crippen molar-refractivity contribution in [2.75, 3.05) is 6.54 Å². The molecule has 1 heterocycles. The fourth-order valence-electron chi connectivity index (χ4n) is 2.48. The van der Waals surface area contributed by atoms with Gasteiger partial charge in [0.15, 0.2) is 0 Å². The summed E-state index contributed by atoms with van der Waals surface area (Å²) in [5.74, 6) is 4.57. The van der Waals surface area contributed by atoms with Crippen molar-refractivity contribution in [3.05, 3.63) is 48.0 Å². The highest BCUT2D eigenvalue weighted by Gasteiger charge is 2.33. The van der Waals surface area contributed by atoms with Gasteiger partial charge in [0, 0.05) is 19.4 Å². The molecule has 0 saturated carbocycles. The number of carboxylic acid groups (broad SMARTS) is 1. The van der Waals surface area contributed by atoms with Crippen molar-refractivity contribution in [2.45, 2.75) is 38.1 Å². The van der Waals surface area contributed by atoms with Gasteiger partial charge >= 0.3 is 5.97 Å². The Kier molecular flexibility index (Phi) is 6.97. The molecule has 5 heteroatoms. The number of amides is 1. The number of likely N-dealkylation sites (tertiary alicyclic amines) is 1. The summed E-state index contributed by atoms with van der Waals surface area (Å²) in [7, 11) is 0. The number of nitrogens with zero attached hydrogens (tertiary/aromatic N) is 1. The minimum Gasteiger partial charge on any atom is -0.481 e. The Morgan fingerprint density at radius 3 is 2.68 bits per heavy atom. The van der Waals surface area contributed by atoms with Gasteiger partial charge < -0.3 is 10.0 Å². The van der Waals surface area contributed by atoms with Crippen molar-refractivity contribution in [3.63, 3.8) is 0 Å². The van der Waals surface area contributed by atoms with Crippen molar-refractivity contribution in [3.8, 4) is 11.8 Å². The molecule has 0 unspecified atom stereocenters. The van der Waals surface area contributed by atoms with Gasteiger partial charge in [0.2, 0.25) is 11.7 Å². The molecule has 2 rings (SSSR count). The molecule has 1 aromatic carbocycles. The summed E-state index contributed by atoms with van der Waals surface area (Å²) in [5, 5.41) is 8.55. The van der Waals surface area contributed by atoms with Gasteiger partial charge in [0.25, 0.3) is 0 Å². The molecule has 0 aromatic heterocycles. The zero-order chi connectivity index (χ0) is 18.1. The quantitative estimate of drug-likeness (QED) is 0.259. The van der Waals surface area contributed by atoms with E-state index in [4.69, 9.17) is 5.11 Å². The van der Waals surface area contributed by atoms with Gasteiger partial charge in [0.05, 0.1) is 6.42 Å². The van der Waals surface area contributed by atoms with Crippen LogP contribution in [0.25, 0.3) is 0 Å². The second-order valence-electron chi connectivity index (χ2n) is 5.88. The third-order valence-corrected chi connectivity index (χ3v) is 3.88. The molecule has 0 spiro atoms. The summed E-state index contributed by atoms with van der Waals surface area (Å²) in [6, 6.07) is 9.21. The Hall–Kier alpha value is -2.87. The minimum atomic E-state index is -0.804. The fourth-order valence-corrected chi connectivity index (χ4v) is 2.48. The first-order valence-electron chi connectivity index (χ1n) is 8.31. The number of rotatable bonds is 8. The topological polar surface area (TPSA) is 74.7 Å². The van der Waals surface area contributed by atoms with Crippen LogP contribution in [-0.4, -0.2) is 40.3 Å². The lowest BCUT2D eigenvalue weighted by molar-refractivity contribution is -0.142. The highest BCUT2D eigenvalue weighted by atomic mass is 16.4. The lowest BCUT2D eigenvalue weighted by Crippen LogP contribution is -2.51. The van der Waals surface area contributed by atoms with Crippen LogP contribution in [0.5, 0.6) is 0 Å². The lowest BCUT2D eigenvalue weighted by atomic mass is 10.0. The molecule has 1 amide bonds. The van der Waals surface area contributed by atoms with E-state index in [1.165, 1.54) is 0 Å². The highest BCUT2D eigenvalue weighted by Crippen LogP contribution is 2.18. The van der Waals surface area contributed by atoms with Crippen LogP contribution in [0.3, 0.4) is 0 Å². The molecule has 1 aliphatic heterocycles. The van der Waals surface area contributed by atoms with E-state index in [-0.39, 0.29) is 30.6 Å². The normalized spacial score (nSPS) is 16.2. The number of aliphatic carboxylic acids is 1. The molecule has 5 nitrogen and oxygen atoms in total. The van der Waals surface area contributed by atoms with E-state index in [1.54, 1.807) is 4.90 Å². The number of benzene rings is 1. The third-order valence-electron chi connectivity index (χ3n) is 3.88. The molecule has 130 valence electrons. The Bertz CT molecular complexity index is 712. The standard InChI is InChI=1S/C20H21NO4/c22-18(14-16-8-4-3-5-9-16)12-11-17-15-19(23)21(17)13-7-2-1-6-10-20(24)25/h2-5,7-9,17H,1,6,10,13-15H2,(H,24,25)/b7-2-/t17-/m0/s1. The number of allylic oxidation sites excluding steroid dienone is 1. The molecule has 1 aromatic rings. The molecule has 25 heavy (non-hydrogen) atoms. The van der Waals surface area contributed by atoms with Gasteiger partial charge in [-0.15, -0.1) is 0 Å². The molecule has 1 aliphatic rings. The first kappa shape index (κ1) is 18.5. The van der Waals surface area contributed by atoms with Crippen LogP contribution in [0.2, 0.25) is 0 Å². The van der Waals surface area contributed by atoms with E-state index in [0.29, 0.717) is 25.8 Å². The number of β-lactam (4-membered cyclic amide) rings is 1. The molecule has 1 saturated heterocycles. The van der Waals surface area contributed by atoms with E-state index < -0.39 is 5.97 Å². The van der Waals surface area contributed by atoms with Gasteiger partial charge in [-0.1, -0.05) is 48.4 Å². The summed E-state index contributed by atoms with van der Waals surface area (Å²) in [4.78, 5) is 35.6. The van der Waals surface area contributed by atoms with E-state index in [2.05, 4.69) is 11.8 Å². The van der Waals surface area contributed by atoms with Crippen LogP contribution in [0, 0.1) is 11.8 Å². The molecule has 1 N–H and O–H groups in total. The average Bonchev–Trinajstić information content (AvgIpc) is 2.58. The van der Waals surface area contributed by atoms with Crippen molar-refractivity contribution in [2.24, 2.45) is 0 Å². The number of unbranched alkanes of at least 4 members (excludes halogenated alkanes) is 1. The van der Waals surface area contributed by atoms with Crippen molar-refractivity contribution in [1.82, 2.24) is 4.90 Å². The molecule has 0 radical (unpaired) electrons. The van der Waals surface area contributed by atoms with E-state index in [0.717, 1.165) is 5.56 Å². The number of Topliss-reactive ketones (excluding diaryl/α,β-unsaturated/α-hetero) is 1. The number of hydrogen-bond acceptors (Lipinski definition) is 3. The zero-order valence-corrected chi connectivity index (χ0v) is 14.0. The third kappa shape index (κ3) is 6.27. The summed E-state index contributed by atoms with van der Waals surface area (Å²) in [6.45, 7) is 0.443. The number of carbonyl (C=O) groups is 3. The Morgan fingerprint density at radius 2 is 2.00 bits per heavy atom. The Labute approximate surface area is 147 Å². The first-order chi connectivity index (χ1) is 12.1. The van der Waals surface area contributed by atoms with Crippen molar-refractivity contribution < 1.29 is 19.5 Å². The van der Waals surface area contributed by atoms with Crippen LogP contribution in [0.1, 0.15) is 31.2 Å². The van der Waals surface area contributed by atoms with Gasteiger partial charge in [-0.2, -0.15) is 0 Å². The Morgan fingerprint density at radius 1 is 1.24 bits per heavy atom. The number of hydrogen-bond donors (Lipinski definition) is 1. The van der Waals surface area contributed by atoms with Crippen molar-refractivity contribution >= 4 is 17.7 Å². The number of carbonyl (C=O) groups excluding carboxylic acids is 2. The van der Waals surface area contributed by atoms with Crippen LogP contribution in [0.4, 0.5) is 0 Å². The van der Waals surface area contributed by atoms with E-state index in [1.807, 2.05) is 42.5 Å². The predicted octanol–water partition coefficient (Wildman–Crippen LogP) is 2.21. The summed E-state index contributed by atoms with van der Waals surface area (Å²) in [5.41, 5.74) is 0.924. The largest absolute Gasteiger partial charge is 0.481 e. The smallest absolute Gasteiger partial charge is 0.303 e. The van der Waals surface area contributed by atoms with Gasteiger partial charge in [-0.05, 0) is 24.3 Å². The maximum Gasteiger partial charge on any atom is 0.303 e. The van der Waals surface area contributed by atoms with E-state index in [9.17, 15) is 14.4 Å². The summed E-state index contributed by atoms with van der Waals surface area (Å²) >= 11 is 0. The van der Waals surface area contributed by atoms with Gasteiger partial charge in [0.1, 0.15) is 6.04 Å². The second-order valence-corrected chi connectivity index (χ2v) is 5.88. The monoisotopic (exact) mass is 339 g/mol. The summed E-state index contributed by atoms with van der Waals surface area (Å²) < 4.78 is 0. The number of ketones is 1. The Balaban J connectivity index is 1.76. The maximum absolute atomic E-state index is 11.9. The minimum absolute atomic E-state index is 0.0185. The second kappa shape index (κ2) is 9.43. The van der Waals surface area contributed by atoms with Crippen LogP contribution < -0.4 is 0 Å². The molecule has 1 fully saturated rings. The highest BCUT2D eigenvalue weighted by molar-refractivity contribution is 5.97. The lowest BCUT2D eigenvalue weighted by Gasteiger charge is -2.36. The molecule has 0 bridgehead atoms. The van der Waals surface area contributed by atoms with E-state index >= 15 is 0 Å². The van der Waals surface area contributed by atoms with Crippen LogP contribution in [0.15, 0.2) is 42.5 Å². The fraction of sp³-hybridized carbons (Fsp3) is 0.350. The average molecular weight is 339 g/mol. The van der Waals surface area contributed by atoms with Gasteiger partial charge in [-0.25, -0.2) is 0 Å². The van der Waals surface area contributed by atoms with Crippen LogP contribution >= 0.6 is 0 Å². The SMILES string of the molecule is O=C(O)CCC/C=C\CN1C(=O)C[C@@H]1C#CC(=O)Cc1ccccc1. The molecule has 0 aliphatic carbocycles. The van der Waals surface area contributed by atoms with Crippen LogP contribution in [-0.2, 0) is 20.8 Å². The number of carboxylic acids is 1. The molecular formula is C20H21NO4. The molecule has 1 atom stereocenters. The molecular weight excluding hydrogens is 318 g/mol. The maximum atomic E-state index is 11.9. The zero-order valence-electron chi connectivity index (χ0n) is 14.0. The predicted molar refractivity (Wildman–Crippen MR) is 93.7 cm³/mol. The van der Waals surface area contributed by atoms with Gasteiger partial charge in [-0.3, -0.25) is 14.4 Å². The van der Waals surface area contributed by atoms with Crippen molar-refractivity contribution in [1.29, 1.82) is 0 Å².